The summed E-state index contributed by atoms with van der Waals surface area (Å²) in [6.45, 7) is 8.29. The van der Waals surface area contributed by atoms with Gasteiger partial charge < -0.3 is 14.8 Å². The van der Waals surface area contributed by atoms with E-state index >= 15 is 0 Å². The predicted molar refractivity (Wildman–Crippen MR) is 123 cm³/mol. The van der Waals surface area contributed by atoms with Crippen LogP contribution in [0.15, 0.2) is 47.4 Å². The van der Waals surface area contributed by atoms with Gasteiger partial charge >= 0.3 is 0 Å². The van der Waals surface area contributed by atoms with Crippen LogP contribution >= 0.6 is 0 Å². The molecule has 0 fully saturated rings. The monoisotopic (exact) mass is 448 g/mol. The van der Waals surface area contributed by atoms with E-state index in [0.717, 1.165) is 0 Å². The Morgan fingerprint density at radius 3 is 1.94 bits per heavy atom. The van der Waals surface area contributed by atoms with E-state index in [-0.39, 0.29) is 16.8 Å². The van der Waals surface area contributed by atoms with Crippen LogP contribution in [-0.4, -0.2) is 41.6 Å². The molecule has 0 saturated carbocycles. The Labute approximate surface area is 185 Å². The molecule has 0 saturated heterocycles. The number of benzene rings is 2. The predicted octanol–water partition coefficient (Wildman–Crippen LogP) is 3.94. The van der Waals surface area contributed by atoms with Gasteiger partial charge in [-0.3, -0.25) is 9.10 Å². The molecule has 2 aromatic rings. The number of carbonyl (C=O) groups is 1. The van der Waals surface area contributed by atoms with Crippen molar-refractivity contribution in [1.29, 1.82) is 0 Å². The maximum Gasteiger partial charge on any atom is 0.264 e. The third kappa shape index (κ3) is 5.50. The number of anilines is 1. The highest BCUT2D eigenvalue weighted by Crippen LogP contribution is 2.31. The van der Waals surface area contributed by atoms with Crippen LogP contribution in [0.3, 0.4) is 0 Å². The Kier molecular flexibility index (Phi) is 7.95. The van der Waals surface area contributed by atoms with Gasteiger partial charge in [0.25, 0.3) is 15.9 Å². The molecule has 0 radical (unpaired) electrons. The zero-order valence-electron chi connectivity index (χ0n) is 19.2. The first-order valence-electron chi connectivity index (χ1n) is 10.1. The number of methoxy groups -OCH3 is 2. The summed E-state index contributed by atoms with van der Waals surface area (Å²) in [6.07, 6.45) is 0. The van der Waals surface area contributed by atoms with Crippen molar-refractivity contribution in [1.82, 2.24) is 5.32 Å². The van der Waals surface area contributed by atoms with E-state index in [1.165, 1.54) is 37.7 Å². The lowest BCUT2D eigenvalue weighted by atomic mass is 9.93. The largest absolute Gasteiger partial charge is 0.493 e. The van der Waals surface area contributed by atoms with Crippen LogP contribution in [0.4, 0.5) is 5.69 Å². The standard InChI is InChI=1S/C23H32N2O5S/c1-15(2)22(16(3)4)24-23(26)17-8-10-18(11-9-17)25(5)31(27,28)19-12-13-20(29-6)21(14-19)30-7/h8-16,22H,1-7H3,(H,24,26). The summed E-state index contributed by atoms with van der Waals surface area (Å²) in [6, 6.07) is 11.0. The van der Waals surface area contributed by atoms with Gasteiger partial charge in [-0.1, -0.05) is 27.7 Å². The van der Waals surface area contributed by atoms with Gasteiger partial charge in [0.05, 0.1) is 24.8 Å². The molecule has 170 valence electrons. The van der Waals surface area contributed by atoms with Crippen LogP contribution in [0.2, 0.25) is 0 Å². The van der Waals surface area contributed by atoms with Crippen molar-refractivity contribution in [2.45, 2.75) is 38.6 Å². The second-order valence-corrected chi connectivity index (χ2v) is 9.99. The lowest BCUT2D eigenvalue weighted by Crippen LogP contribution is -2.42. The first-order valence-corrected chi connectivity index (χ1v) is 11.6. The Balaban J connectivity index is 2.25. The lowest BCUT2D eigenvalue weighted by Gasteiger charge is -2.26. The van der Waals surface area contributed by atoms with Crippen molar-refractivity contribution in [2.24, 2.45) is 11.8 Å². The molecule has 0 unspecified atom stereocenters. The Morgan fingerprint density at radius 1 is 0.903 bits per heavy atom. The smallest absolute Gasteiger partial charge is 0.264 e. The van der Waals surface area contributed by atoms with Crippen LogP contribution in [0, 0.1) is 11.8 Å². The van der Waals surface area contributed by atoms with Crippen LogP contribution in [0.5, 0.6) is 11.5 Å². The van der Waals surface area contributed by atoms with Gasteiger partial charge in [0, 0.05) is 24.7 Å². The zero-order chi connectivity index (χ0) is 23.3. The molecule has 0 aliphatic carbocycles. The molecule has 0 atom stereocenters. The number of carbonyl (C=O) groups excluding carboxylic acids is 1. The Hall–Kier alpha value is -2.74. The van der Waals surface area contributed by atoms with Crippen molar-refractivity contribution in [2.75, 3.05) is 25.6 Å². The maximum atomic E-state index is 13.1. The molecule has 0 aliphatic rings. The topological polar surface area (TPSA) is 84.9 Å². The number of amides is 1. The summed E-state index contributed by atoms with van der Waals surface area (Å²) in [7, 11) is 0.576. The molecular formula is C23H32N2O5S. The fraction of sp³-hybridized carbons (Fsp3) is 0.435. The van der Waals surface area contributed by atoms with Gasteiger partial charge in [0.2, 0.25) is 0 Å². The number of rotatable bonds is 9. The normalized spacial score (nSPS) is 11.7. The molecule has 1 amide bonds. The second-order valence-electron chi connectivity index (χ2n) is 8.02. The number of sulfonamides is 1. The van der Waals surface area contributed by atoms with Gasteiger partial charge in [0.1, 0.15) is 0 Å². The maximum absolute atomic E-state index is 13.1. The summed E-state index contributed by atoms with van der Waals surface area (Å²) in [4.78, 5) is 12.7. The van der Waals surface area contributed by atoms with Gasteiger partial charge in [-0.15, -0.1) is 0 Å². The van der Waals surface area contributed by atoms with E-state index < -0.39 is 10.0 Å². The number of nitrogens with one attached hydrogen (secondary N) is 1. The van der Waals surface area contributed by atoms with Crippen molar-refractivity contribution < 1.29 is 22.7 Å². The van der Waals surface area contributed by atoms with E-state index in [2.05, 4.69) is 33.0 Å². The van der Waals surface area contributed by atoms with Crippen LogP contribution in [0.1, 0.15) is 38.1 Å². The van der Waals surface area contributed by atoms with E-state index in [4.69, 9.17) is 9.47 Å². The highest BCUT2D eigenvalue weighted by atomic mass is 32.2. The second kappa shape index (κ2) is 10.0. The molecule has 7 nitrogen and oxygen atoms in total. The van der Waals surface area contributed by atoms with E-state index in [1.807, 2.05) is 0 Å². The fourth-order valence-corrected chi connectivity index (χ4v) is 4.65. The first kappa shape index (κ1) is 24.5. The Morgan fingerprint density at radius 2 is 1.45 bits per heavy atom. The minimum atomic E-state index is -3.83. The highest BCUT2D eigenvalue weighted by Gasteiger charge is 2.24. The van der Waals surface area contributed by atoms with Gasteiger partial charge in [-0.05, 0) is 48.2 Å². The highest BCUT2D eigenvalue weighted by molar-refractivity contribution is 7.92. The van der Waals surface area contributed by atoms with Gasteiger partial charge in [-0.2, -0.15) is 0 Å². The summed E-state index contributed by atoms with van der Waals surface area (Å²) < 4.78 is 37.7. The SMILES string of the molecule is COc1ccc(S(=O)(=O)N(C)c2ccc(C(=O)NC(C(C)C)C(C)C)cc2)cc1OC. The first-order chi connectivity index (χ1) is 14.5. The summed E-state index contributed by atoms with van der Waals surface area (Å²) in [5, 5.41) is 3.06. The number of ether oxygens (including phenoxy) is 2. The molecule has 0 heterocycles. The van der Waals surface area contributed by atoms with E-state index in [9.17, 15) is 13.2 Å². The van der Waals surface area contributed by atoms with Crippen LogP contribution < -0.4 is 19.1 Å². The molecule has 1 N–H and O–H groups in total. The molecule has 0 aliphatic heterocycles. The minimum Gasteiger partial charge on any atom is -0.493 e. The van der Waals surface area contributed by atoms with Crippen molar-refractivity contribution in [3.05, 3.63) is 48.0 Å². The molecule has 0 spiro atoms. The third-order valence-corrected chi connectivity index (χ3v) is 7.02. The summed E-state index contributed by atoms with van der Waals surface area (Å²) in [5.74, 6) is 1.21. The zero-order valence-corrected chi connectivity index (χ0v) is 20.0. The third-order valence-electron chi connectivity index (χ3n) is 5.24. The summed E-state index contributed by atoms with van der Waals surface area (Å²) >= 11 is 0. The molecule has 2 aromatic carbocycles. The van der Waals surface area contributed by atoms with Crippen molar-refractivity contribution >= 4 is 21.6 Å². The van der Waals surface area contributed by atoms with Gasteiger partial charge in [0.15, 0.2) is 11.5 Å². The molecule has 0 aromatic heterocycles. The quantitative estimate of drug-likeness (QED) is 0.628. The lowest BCUT2D eigenvalue weighted by molar-refractivity contribution is 0.0910. The van der Waals surface area contributed by atoms with Gasteiger partial charge in [-0.25, -0.2) is 8.42 Å². The molecule has 31 heavy (non-hydrogen) atoms. The van der Waals surface area contributed by atoms with E-state index in [0.29, 0.717) is 34.6 Å². The van der Waals surface area contributed by atoms with Crippen molar-refractivity contribution in [3.63, 3.8) is 0 Å². The average molecular weight is 449 g/mol. The summed E-state index contributed by atoms with van der Waals surface area (Å²) in [5.41, 5.74) is 0.919. The van der Waals surface area contributed by atoms with Crippen LogP contribution in [0.25, 0.3) is 0 Å². The number of hydrogen-bond acceptors (Lipinski definition) is 5. The van der Waals surface area contributed by atoms with Crippen LogP contribution in [-0.2, 0) is 10.0 Å². The molecule has 0 bridgehead atoms. The average Bonchev–Trinajstić information content (AvgIpc) is 2.75. The number of hydrogen-bond donors (Lipinski definition) is 1. The number of nitrogens with zero attached hydrogens (tertiary/aromatic N) is 1. The molecule has 8 heteroatoms. The van der Waals surface area contributed by atoms with E-state index in [1.54, 1.807) is 30.3 Å². The fourth-order valence-electron chi connectivity index (χ4n) is 3.43. The minimum absolute atomic E-state index is 0.0558. The molecule has 2 rings (SSSR count). The van der Waals surface area contributed by atoms with Crippen molar-refractivity contribution in [3.8, 4) is 11.5 Å². The Bertz CT molecular complexity index is 993. The molecular weight excluding hydrogens is 416 g/mol.